The summed E-state index contributed by atoms with van der Waals surface area (Å²) >= 11 is 1.68. The van der Waals surface area contributed by atoms with E-state index >= 15 is 0 Å². The van der Waals surface area contributed by atoms with Crippen LogP contribution in [0.1, 0.15) is 35.9 Å². The fourth-order valence-corrected chi connectivity index (χ4v) is 4.32. The summed E-state index contributed by atoms with van der Waals surface area (Å²) in [5, 5.41) is 3.19. The third kappa shape index (κ3) is 4.48. The summed E-state index contributed by atoms with van der Waals surface area (Å²) in [6, 6.07) is 28.1. The van der Waals surface area contributed by atoms with Gasteiger partial charge in [0.25, 0.3) is 5.91 Å². The lowest BCUT2D eigenvalue weighted by Gasteiger charge is -2.16. The zero-order valence-corrected chi connectivity index (χ0v) is 19.4. The quantitative estimate of drug-likeness (QED) is 0.335. The van der Waals surface area contributed by atoms with Crippen LogP contribution in [0.2, 0.25) is 0 Å². The van der Waals surface area contributed by atoms with E-state index in [2.05, 4.69) is 17.4 Å². The predicted molar refractivity (Wildman–Crippen MR) is 133 cm³/mol. The maximum atomic E-state index is 13.6. The van der Waals surface area contributed by atoms with Crippen molar-refractivity contribution in [3.05, 3.63) is 96.2 Å². The van der Waals surface area contributed by atoms with E-state index in [9.17, 15) is 4.79 Å². The van der Waals surface area contributed by atoms with Gasteiger partial charge in [0.15, 0.2) is 0 Å². The van der Waals surface area contributed by atoms with Crippen LogP contribution in [0.5, 0.6) is 0 Å². The van der Waals surface area contributed by atoms with Gasteiger partial charge in [0.05, 0.1) is 6.04 Å². The second-order valence-corrected chi connectivity index (χ2v) is 8.46. The minimum atomic E-state index is -0.123. The first-order valence-corrected chi connectivity index (χ1v) is 12.0. The molecule has 4 rings (SSSR count). The molecule has 0 aliphatic rings. The number of thioether (sulfide) groups is 1. The van der Waals surface area contributed by atoms with Crippen LogP contribution in [0, 0.1) is 0 Å². The molecule has 0 saturated heterocycles. The van der Waals surface area contributed by atoms with Gasteiger partial charge in [0.1, 0.15) is 17.2 Å². The average molecular weight is 442 g/mol. The molecule has 0 radical (unpaired) electrons. The van der Waals surface area contributed by atoms with E-state index in [-0.39, 0.29) is 11.9 Å². The molecule has 4 aromatic rings. The van der Waals surface area contributed by atoms with Crippen LogP contribution >= 0.6 is 11.8 Å². The van der Waals surface area contributed by atoms with Gasteiger partial charge in [0.2, 0.25) is 0 Å². The summed E-state index contributed by atoms with van der Waals surface area (Å²) in [6.45, 7) is 4.70. The Balaban J connectivity index is 1.83. The number of rotatable bonds is 7. The Labute approximate surface area is 193 Å². The molecule has 32 heavy (non-hydrogen) atoms. The number of imidazole rings is 1. The minimum Gasteiger partial charge on any atom is -0.344 e. The molecule has 0 bridgehead atoms. The number of aromatic nitrogens is 2. The van der Waals surface area contributed by atoms with Gasteiger partial charge in [0, 0.05) is 22.6 Å². The van der Waals surface area contributed by atoms with Crippen molar-refractivity contribution in [2.75, 3.05) is 6.26 Å². The summed E-state index contributed by atoms with van der Waals surface area (Å²) in [6.07, 6.45) is 2.05. The number of hydrogen-bond donors (Lipinski definition) is 1. The first-order chi connectivity index (χ1) is 15.6. The highest BCUT2D eigenvalue weighted by Crippen LogP contribution is 2.32. The molecule has 0 spiro atoms. The Kier molecular flexibility index (Phi) is 6.76. The van der Waals surface area contributed by atoms with Gasteiger partial charge in [-0.2, -0.15) is 0 Å². The van der Waals surface area contributed by atoms with Crippen LogP contribution < -0.4 is 5.32 Å². The number of nitrogens with zero attached hydrogens (tertiary/aromatic N) is 2. The predicted octanol–water partition coefficient (Wildman–Crippen LogP) is 6.45. The third-order valence-corrected chi connectivity index (χ3v) is 6.25. The van der Waals surface area contributed by atoms with E-state index in [0.717, 1.165) is 27.4 Å². The van der Waals surface area contributed by atoms with Crippen molar-refractivity contribution in [2.24, 2.45) is 0 Å². The van der Waals surface area contributed by atoms with Gasteiger partial charge in [-0.25, -0.2) is 4.98 Å². The summed E-state index contributed by atoms with van der Waals surface area (Å²) in [7, 11) is 0. The van der Waals surface area contributed by atoms with Crippen LogP contribution in [0.3, 0.4) is 0 Å². The summed E-state index contributed by atoms with van der Waals surface area (Å²) < 4.78 is 2.02. The summed E-state index contributed by atoms with van der Waals surface area (Å²) in [4.78, 5) is 19.8. The van der Waals surface area contributed by atoms with E-state index in [1.54, 1.807) is 11.8 Å². The smallest absolute Gasteiger partial charge is 0.270 e. The van der Waals surface area contributed by atoms with Crippen LogP contribution in [0.4, 0.5) is 0 Å². The fourth-order valence-electron chi connectivity index (χ4n) is 3.86. The molecule has 162 valence electrons. The highest BCUT2D eigenvalue weighted by molar-refractivity contribution is 7.98. The molecule has 0 unspecified atom stereocenters. The van der Waals surface area contributed by atoms with E-state index in [1.807, 2.05) is 97.5 Å². The van der Waals surface area contributed by atoms with Crippen molar-refractivity contribution in [1.82, 2.24) is 14.9 Å². The van der Waals surface area contributed by atoms with Crippen LogP contribution in [-0.2, 0) is 6.54 Å². The zero-order valence-electron chi connectivity index (χ0n) is 18.6. The van der Waals surface area contributed by atoms with Crippen LogP contribution in [0.25, 0.3) is 22.6 Å². The molecule has 1 heterocycles. The highest BCUT2D eigenvalue weighted by Gasteiger charge is 2.25. The molecule has 1 atom stereocenters. The van der Waals surface area contributed by atoms with E-state index in [0.29, 0.717) is 17.9 Å². The molecule has 4 nitrogen and oxygen atoms in total. The largest absolute Gasteiger partial charge is 0.344 e. The van der Waals surface area contributed by atoms with Crippen molar-refractivity contribution in [2.45, 2.75) is 31.3 Å². The third-order valence-electron chi connectivity index (χ3n) is 5.52. The average Bonchev–Trinajstić information content (AvgIpc) is 3.25. The lowest BCUT2D eigenvalue weighted by molar-refractivity contribution is 0.0931. The van der Waals surface area contributed by atoms with Gasteiger partial charge in [-0.05, 0) is 37.8 Å². The Hall–Kier alpha value is -3.31. The van der Waals surface area contributed by atoms with Crippen LogP contribution in [0.15, 0.2) is 89.8 Å². The monoisotopic (exact) mass is 441 g/mol. The number of amides is 1. The lowest BCUT2D eigenvalue weighted by atomic mass is 10.1. The van der Waals surface area contributed by atoms with Crippen molar-refractivity contribution in [3.8, 4) is 22.6 Å². The molecule has 1 N–H and O–H groups in total. The van der Waals surface area contributed by atoms with E-state index in [4.69, 9.17) is 4.98 Å². The lowest BCUT2D eigenvalue weighted by Crippen LogP contribution is -2.29. The number of hydrogen-bond acceptors (Lipinski definition) is 3. The molecule has 0 aliphatic carbocycles. The second kappa shape index (κ2) is 9.88. The number of benzene rings is 3. The fraction of sp³-hybridized carbons (Fsp3) is 0.185. The Morgan fingerprint density at radius 2 is 1.62 bits per heavy atom. The molecule has 3 aromatic carbocycles. The molecule has 1 amide bonds. The number of carbonyl (C=O) groups is 1. The summed E-state index contributed by atoms with van der Waals surface area (Å²) in [5.41, 5.74) is 4.30. The van der Waals surface area contributed by atoms with Crippen molar-refractivity contribution in [1.29, 1.82) is 0 Å². The molecule has 0 aliphatic heterocycles. The van der Waals surface area contributed by atoms with Gasteiger partial charge >= 0.3 is 0 Å². The summed E-state index contributed by atoms with van der Waals surface area (Å²) in [5.74, 6) is 0.678. The standard InChI is InChI=1S/C27H27N3OS/c1-4-30-25(27(31)28-19(2)20-12-7-5-8-13-20)24(22-16-11-17-23(18-22)32-3)29-26(30)21-14-9-6-10-15-21/h5-19H,4H2,1-3H3,(H,28,31)/t19-/m0/s1. The van der Waals surface area contributed by atoms with Crippen LogP contribution in [-0.4, -0.2) is 21.7 Å². The highest BCUT2D eigenvalue weighted by atomic mass is 32.2. The maximum absolute atomic E-state index is 13.6. The molecular formula is C27H27N3OS. The normalized spacial score (nSPS) is 11.8. The first kappa shape index (κ1) is 21.9. The Morgan fingerprint density at radius 1 is 0.969 bits per heavy atom. The molecule has 0 saturated carbocycles. The Morgan fingerprint density at radius 3 is 2.28 bits per heavy atom. The van der Waals surface area contributed by atoms with E-state index < -0.39 is 0 Å². The molecule has 0 fully saturated rings. The second-order valence-electron chi connectivity index (χ2n) is 7.58. The number of nitrogens with one attached hydrogen (secondary N) is 1. The molecule has 1 aromatic heterocycles. The minimum absolute atomic E-state index is 0.116. The van der Waals surface area contributed by atoms with Gasteiger partial charge in [-0.3, -0.25) is 4.79 Å². The SMILES string of the molecule is CCn1c(-c2ccccc2)nc(-c2cccc(SC)c2)c1C(=O)N[C@@H](C)c1ccccc1. The molecular weight excluding hydrogens is 414 g/mol. The topological polar surface area (TPSA) is 46.9 Å². The molecule has 5 heteroatoms. The first-order valence-electron chi connectivity index (χ1n) is 10.8. The van der Waals surface area contributed by atoms with Crippen molar-refractivity contribution < 1.29 is 4.79 Å². The Bertz CT molecular complexity index is 1200. The zero-order chi connectivity index (χ0) is 22.5. The number of carbonyl (C=O) groups excluding carboxylic acids is 1. The van der Waals surface area contributed by atoms with Gasteiger partial charge in [-0.15, -0.1) is 11.8 Å². The van der Waals surface area contributed by atoms with E-state index in [1.165, 1.54) is 0 Å². The van der Waals surface area contributed by atoms with Crippen molar-refractivity contribution >= 4 is 17.7 Å². The van der Waals surface area contributed by atoms with Crippen molar-refractivity contribution in [3.63, 3.8) is 0 Å². The van der Waals surface area contributed by atoms with Gasteiger partial charge < -0.3 is 9.88 Å². The maximum Gasteiger partial charge on any atom is 0.270 e. The van der Waals surface area contributed by atoms with Gasteiger partial charge in [-0.1, -0.05) is 72.8 Å².